The van der Waals surface area contributed by atoms with Crippen molar-refractivity contribution >= 4 is 34.2 Å². The molecule has 0 bridgehead atoms. The molecule has 0 atom stereocenters. The zero-order valence-corrected chi connectivity index (χ0v) is 16.2. The Morgan fingerprint density at radius 3 is 2.68 bits per heavy atom. The summed E-state index contributed by atoms with van der Waals surface area (Å²) in [5.41, 5.74) is 3.97. The first kappa shape index (κ1) is 17.6. The normalized spacial score (nSPS) is 10.7. The van der Waals surface area contributed by atoms with Crippen LogP contribution in [0.25, 0.3) is 11.4 Å². The van der Waals surface area contributed by atoms with Crippen LogP contribution in [0, 0.1) is 17.4 Å². The van der Waals surface area contributed by atoms with Gasteiger partial charge < -0.3 is 9.84 Å². The highest BCUT2D eigenvalue weighted by molar-refractivity contribution is 14.1. The number of halogens is 1. The van der Waals surface area contributed by atoms with Crippen molar-refractivity contribution in [1.29, 1.82) is 0 Å². The summed E-state index contributed by atoms with van der Waals surface area (Å²) in [6.07, 6.45) is 0.704. The highest BCUT2D eigenvalue weighted by Gasteiger charge is 2.11. The molecule has 0 unspecified atom stereocenters. The van der Waals surface area contributed by atoms with E-state index in [4.69, 9.17) is 4.52 Å². The van der Waals surface area contributed by atoms with Crippen LogP contribution in [-0.2, 0) is 11.2 Å². The molecule has 0 radical (unpaired) electrons. The van der Waals surface area contributed by atoms with Gasteiger partial charge in [0, 0.05) is 27.7 Å². The summed E-state index contributed by atoms with van der Waals surface area (Å²) in [5.74, 6) is 0.939. The maximum Gasteiger partial charge on any atom is 0.227 e. The van der Waals surface area contributed by atoms with Crippen LogP contribution < -0.4 is 5.32 Å². The van der Waals surface area contributed by atoms with Crippen molar-refractivity contribution in [3.8, 4) is 11.4 Å². The number of hydrogen-bond acceptors (Lipinski definition) is 4. The number of nitrogens with one attached hydrogen (secondary N) is 1. The van der Waals surface area contributed by atoms with Gasteiger partial charge in [0.15, 0.2) is 0 Å². The molecule has 1 heterocycles. The lowest BCUT2D eigenvalue weighted by molar-refractivity contribution is -0.116. The Hall–Kier alpha value is -2.22. The summed E-state index contributed by atoms with van der Waals surface area (Å²) in [4.78, 5) is 16.5. The molecule has 0 fully saturated rings. The molecule has 6 heteroatoms. The number of anilines is 1. The molecular weight excluding hydrogens is 429 g/mol. The molecule has 5 nitrogen and oxygen atoms in total. The molecule has 3 rings (SSSR count). The molecule has 1 N–H and O–H groups in total. The van der Waals surface area contributed by atoms with E-state index in [2.05, 4.69) is 38.0 Å². The molecule has 1 amide bonds. The quantitative estimate of drug-likeness (QED) is 0.584. The number of amides is 1. The van der Waals surface area contributed by atoms with Crippen molar-refractivity contribution in [2.45, 2.75) is 26.7 Å². The fraction of sp³-hybridized carbons (Fsp3) is 0.211. The first-order valence-electron chi connectivity index (χ1n) is 7.97. The second-order valence-corrected chi connectivity index (χ2v) is 7.06. The summed E-state index contributed by atoms with van der Waals surface area (Å²) in [6.45, 7) is 4.02. The summed E-state index contributed by atoms with van der Waals surface area (Å²) in [5, 5.41) is 6.92. The Morgan fingerprint density at radius 2 is 1.92 bits per heavy atom. The standard InChI is InChI=1S/C19H18IN3O2/c1-12-4-3-5-16(13(12)2)21-17(24)10-11-18-22-19(23-25-18)14-6-8-15(20)9-7-14/h3-9H,10-11H2,1-2H3,(H,21,24). The summed E-state index contributed by atoms with van der Waals surface area (Å²) in [7, 11) is 0. The van der Waals surface area contributed by atoms with Gasteiger partial charge in [-0.2, -0.15) is 4.98 Å². The third-order valence-corrected chi connectivity index (χ3v) is 4.73. The molecule has 1 aromatic heterocycles. The lowest BCUT2D eigenvalue weighted by atomic mass is 10.1. The van der Waals surface area contributed by atoms with Gasteiger partial charge in [-0.25, -0.2) is 0 Å². The number of nitrogens with zero attached hydrogens (tertiary/aromatic N) is 2. The van der Waals surface area contributed by atoms with Gasteiger partial charge in [-0.1, -0.05) is 29.4 Å². The predicted molar refractivity (Wildman–Crippen MR) is 105 cm³/mol. The minimum absolute atomic E-state index is 0.0669. The topological polar surface area (TPSA) is 68.0 Å². The second kappa shape index (κ2) is 7.77. The highest BCUT2D eigenvalue weighted by atomic mass is 127. The summed E-state index contributed by atoms with van der Waals surface area (Å²) in [6, 6.07) is 13.7. The van der Waals surface area contributed by atoms with Crippen LogP contribution in [0.5, 0.6) is 0 Å². The van der Waals surface area contributed by atoms with Crippen LogP contribution in [0.4, 0.5) is 5.69 Å². The average Bonchev–Trinajstić information content (AvgIpc) is 3.07. The van der Waals surface area contributed by atoms with E-state index < -0.39 is 0 Å². The molecule has 128 valence electrons. The van der Waals surface area contributed by atoms with Gasteiger partial charge in [0.2, 0.25) is 17.6 Å². The third-order valence-electron chi connectivity index (χ3n) is 4.02. The van der Waals surface area contributed by atoms with Crippen LogP contribution >= 0.6 is 22.6 Å². The molecular formula is C19H18IN3O2. The molecule has 0 aliphatic heterocycles. The maximum atomic E-state index is 12.2. The van der Waals surface area contributed by atoms with E-state index in [1.54, 1.807) is 0 Å². The van der Waals surface area contributed by atoms with E-state index in [9.17, 15) is 4.79 Å². The van der Waals surface area contributed by atoms with E-state index in [1.807, 2.05) is 56.3 Å². The third kappa shape index (κ3) is 4.45. The van der Waals surface area contributed by atoms with Gasteiger partial charge in [0.05, 0.1) is 0 Å². The van der Waals surface area contributed by atoms with E-state index in [0.717, 1.165) is 25.9 Å². The van der Waals surface area contributed by atoms with Crippen LogP contribution in [0.1, 0.15) is 23.4 Å². The number of hydrogen-bond donors (Lipinski definition) is 1. The monoisotopic (exact) mass is 447 g/mol. The smallest absolute Gasteiger partial charge is 0.227 e. The van der Waals surface area contributed by atoms with Gasteiger partial charge >= 0.3 is 0 Å². The predicted octanol–water partition coefficient (Wildman–Crippen LogP) is 4.53. The Labute approximate surface area is 160 Å². The number of rotatable bonds is 5. The number of aryl methyl sites for hydroxylation is 2. The Bertz CT molecular complexity index is 888. The van der Waals surface area contributed by atoms with Crippen molar-refractivity contribution in [1.82, 2.24) is 10.1 Å². The number of aromatic nitrogens is 2. The molecule has 25 heavy (non-hydrogen) atoms. The fourth-order valence-electron chi connectivity index (χ4n) is 2.39. The Balaban J connectivity index is 1.59. The molecule has 0 aliphatic rings. The molecule has 0 aliphatic carbocycles. The second-order valence-electron chi connectivity index (χ2n) is 5.81. The molecule has 3 aromatic rings. The number of benzene rings is 2. The van der Waals surface area contributed by atoms with Gasteiger partial charge in [-0.3, -0.25) is 4.79 Å². The Kier molecular flexibility index (Phi) is 5.47. The molecule has 0 saturated heterocycles. The van der Waals surface area contributed by atoms with Gasteiger partial charge in [-0.05, 0) is 65.8 Å². The highest BCUT2D eigenvalue weighted by Crippen LogP contribution is 2.19. The van der Waals surface area contributed by atoms with Crippen molar-refractivity contribution in [2.75, 3.05) is 5.32 Å². The molecule has 0 saturated carbocycles. The van der Waals surface area contributed by atoms with Crippen molar-refractivity contribution in [2.24, 2.45) is 0 Å². The first-order chi connectivity index (χ1) is 12.0. The molecule has 2 aromatic carbocycles. The number of carbonyl (C=O) groups is 1. The van der Waals surface area contributed by atoms with Gasteiger partial charge in [0.25, 0.3) is 0 Å². The largest absolute Gasteiger partial charge is 0.339 e. The van der Waals surface area contributed by atoms with E-state index in [0.29, 0.717) is 24.6 Å². The summed E-state index contributed by atoms with van der Waals surface area (Å²) < 4.78 is 6.40. The van der Waals surface area contributed by atoms with Crippen LogP contribution in [0.3, 0.4) is 0 Å². The van der Waals surface area contributed by atoms with Crippen LogP contribution in [0.2, 0.25) is 0 Å². The van der Waals surface area contributed by atoms with Crippen molar-refractivity contribution in [3.05, 3.63) is 63.1 Å². The zero-order chi connectivity index (χ0) is 17.8. The van der Waals surface area contributed by atoms with E-state index >= 15 is 0 Å². The van der Waals surface area contributed by atoms with Crippen molar-refractivity contribution < 1.29 is 9.32 Å². The van der Waals surface area contributed by atoms with Crippen molar-refractivity contribution in [3.63, 3.8) is 0 Å². The van der Waals surface area contributed by atoms with E-state index in [1.165, 1.54) is 0 Å². The van der Waals surface area contributed by atoms with Crippen LogP contribution in [0.15, 0.2) is 47.0 Å². The van der Waals surface area contributed by atoms with Gasteiger partial charge in [0.1, 0.15) is 0 Å². The summed E-state index contributed by atoms with van der Waals surface area (Å²) >= 11 is 2.25. The Morgan fingerprint density at radius 1 is 1.16 bits per heavy atom. The SMILES string of the molecule is Cc1cccc(NC(=O)CCc2nc(-c3ccc(I)cc3)no2)c1C. The lowest BCUT2D eigenvalue weighted by Gasteiger charge is -2.09. The maximum absolute atomic E-state index is 12.2. The van der Waals surface area contributed by atoms with Gasteiger partial charge in [-0.15, -0.1) is 0 Å². The van der Waals surface area contributed by atoms with E-state index in [-0.39, 0.29) is 5.91 Å². The van der Waals surface area contributed by atoms with Crippen LogP contribution in [-0.4, -0.2) is 16.0 Å². The zero-order valence-electron chi connectivity index (χ0n) is 14.0. The average molecular weight is 447 g/mol. The minimum Gasteiger partial charge on any atom is -0.339 e. The number of carbonyl (C=O) groups excluding carboxylic acids is 1. The first-order valence-corrected chi connectivity index (χ1v) is 9.05. The fourth-order valence-corrected chi connectivity index (χ4v) is 2.75. The lowest BCUT2D eigenvalue weighted by Crippen LogP contribution is -2.13. The minimum atomic E-state index is -0.0669. The molecule has 0 spiro atoms.